The summed E-state index contributed by atoms with van der Waals surface area (Å²) in [5, 5.41) is 0.767. The Kier molecular flexibility index (Phi) is 4.18. The van der Waals surface area contributed by atoms with Gasteiger partial charge in [-0.2, -0.15) is 0 Å². The van der Waals surface area contributed by atoms with Crippen LogP contribution < -0.4 is 0 Å². The van der Waals surface area contributed by atoms with E-state index in [-0.39, 0.29) is 0 Å². The van der Waals surface area contributed by atoms with Gasteiger partial charge in [-0.3, -0.25) is 0 Å². The second-order valence-electron chi connectivity index (χ2n) is 5.18. The number of hydrogen-bond acceptors (Lipinski definition) is 1. The lowest BCUT2D eigenvalue weighted by Gasteiger charge is -2.08. The van der Waals surface area contributed by atoms with Gasteiger partial charge in [-0.1, -0.05) is 29.8 Å². The predicted octanol–water partition coefficient (Wildman–Crippen LogP) is 4.98. The van der Waals surface area contributed by atoms with E-state index in [0.29, 0.717) is 5.88 Å². The molecule has 0 radical (unpaired) electrons. The van der Waals surface area contributed by atoms with Crippen LogP contribution in [0, 0.1) is 6.92 Å². The second-order valence-corrected chi connectivity index (χ2v) is 5.89. The van der Waals surface area contributed by atoms with Crippen LogP contribution in [0.3, 0.4) is 0 Å². The molecule has 0 aliphatic heterocycles. The number of rotatable bonds is 4. The summed E-state index contributed by atoms with van der Waals surface area (Å²) in [7, 11) is 0. The molecule has 1 heterocycles. The minimum atomic E-state index is 0.425. The summed E-state index contributed by atoms with van der Waals surface area (Å²) < 4.78 is 2.20. The third kappa shape index (κ3) is 3.07. The van der Waals surface area contributed by atoms with Gasteiger partial charge in [0.05, 0.1) is 16.9 Å². The van der Waals surface area contributed by atoms with Crippen molar-refractivity contribution in [2.45, 2.75) is 25.8 Å². The van der Waals surface area contributed by atoms with Gasteiger partial charge in [0.15, 0.2) is 0 Å². The van der Waals surface area contributed by atoms with Crippen LogP contribution in [0.5, 0.6) is 0 Å². The molecule has 2 aromatic carbocycles. The third-order valence-corrected chi connectivity index (χ3v) is 4.13. The maximum atomic E-state index is 6.05. The van der Waals surface area contributed by atoms with Gasteiger partial charge < -0.3 is 4.57 Å². The van der Waals surface area contributed by atoms with Crippen molar-refractivity contribution in [1.29, 1.82) is 0 Å². The Balaban J connectivity index is 1.90. The summed E-state index contributed by atoms with van der Waals surface area (Å²) in [4.78, 5) is 4.63. The number of benzene rings is 2. The van der Waals surface area contributed by atoms with Crippen molar-refractivity contribution < 1.29 is 0 Å². The van der Waals surface area contributed by atoms with Crippen LogP contribution in [0.1, 0.15) is 17.0 Å². The van der Waals surface area contributed by atoms with E-state index in [1.807, 2.05) is 12.1 Å². The van der Waals surface area contributed by atoms with E-state index >= 15 is 0 Å². The fourth-order valence-electron chi connectivity index (χ4n) is 2.53. The monoisotopic (exact) mass is 318 g/mol. The summed E-state index contributed by atoms with van der Waals surface area (Å²) >= 11 is 12.0. The number of halogens is 2. The average molecular weight is 319 g/mol. The summed E-state index contributed by atoms with van der Waals surface area (Å²) in [5.74, 6) is 1.35. The minimum Gasteiger partial charge on any atom is -0.327 e. The number of aryl methyl sites for hydroxylation is 3. The van der Waals surface area contributed by atoms with Crippen molar-refractivity contribution in [2.75, 3.05) is 0 Å². The quantitative estimate of drug-likeness (QED) is 0.620. The molecule has 0 saturated heterocycles. The van der Waals surface area contributed by atoms with Crippen LogP contribution in [0.4, 0.5) is 0 Å². The molecular weight excluding hydrogens is 303 g/mol. The Morgan fingerprint density at radius 2 is 1.86 bits per heavy atom. The average Bonchev–Trinajstić information content (AvgIpc) is 2.83. The number of aromatic nitrogens is 2. The standard InChI is InChI=1S/C17H16Cl2N2/c1-12-2-7-16-15(10-12)20-17(11-18)21(16)9-8-13-3-5-14(19)6-4-13/h2-7,10H,8-9,11H2,1H3. The van der Waals surface area contributed by atoms with Crippen LogP contribution in [0.25, 0.3) is 11.0 Å². The Hall–Kier alpha value is -1.51. The molecule has 0 aliphatic carbocycles. The highest BCUT2D eigenvalue weighted by atomic mass is 35.5. The smallest absolute Gasteiger partial charge is 0.124 e. The zero-order valence-electron chi connectivity index (χ0n) is 11.8. The highest BCUT2D eigenvalue weighted by Gasteiger charge is 2.10. The van der Waals surface area contributed by atoms with Crippen LogP contribution in [-0.4, -0.2) is 9.55 Å². The molecule has 4 heteroatoms. The van der Waals surface area contributed by atoms with Gasteiger partial charge in [0.2, 0.25) is 0 Å². The molecule has 2 nitrogen and oxygen atoms in total. The first-order valence-corrected chi connectivity index (χ1v) is 7.85. The van der Waals surface area contributed by atoms with E-state index in [1.165, 1.54) is 11.1 Å². The second kappa shape index (κ2) is 6.08. The van der Waals surface area contributed by atoms with Crippen molar-refractivity contribution in [3.8, 4) is 0 Å². The van der Waals surface area contributed by atoms with Crippen molar-refractivity contribution in [1.82, 2.24) is 9.55 Å². The summed E-state index contributed by atoms with van der Waals surface area (Å²) in [5.41, 5.74) is 4.63. The third-order valence-electron chi connectivity index (χ3n) is 3.64. The molecule has 0 fully saturated rings. The molecule has 0 atom stereocenters. The van der Waals surface area contributed by atoms with Gasteiger partial charge in [-0.25, -0.2) is 4.98 Å². The fourth-order valence-corrected chi connectivity index (χ4v) is 2.86. The van der Waals surface area contributed by atoms with Crippen molar-refractivity contribution >= 4 is 34.2 Å². The summed E-state index contributed by atoms with van der Waals surface area (Å²) in [6.45, 7) is 2.94. The van der Waals surface area contributed by atoms with Gasteiger partial charge in [-0.15, -0.1) is 11.6 Å². The normalized spacial score (nSPS) is 11.2. The summed E-state index contributed by atoms with van der Waals surface area (Å²) in [6.07, 6.45) is 0.931. The molecule has 0 N–H and O–H groups in total. The molecule has 0 unspecified atom stereocenters. The van der Waals surface area contributed by atoms with E-state index in [4.69, 9.17) is 23.2 Å². The number of imidazole rings is 1. The zero-order valence-corrected chi connectivity index (χ0v) is 13.3. The maximum Gasteiger partial charge on any atom is 0.124 e. The molecule has 3 aromatic rings. The Morgan fingerprint density at radius 1 is 1.10 bits per heavy atom. The fraction of sp³-hybridized carbons (Fsp3) is 0.235. The maximum absolute atomic E-state index is 6.05. The predicted molar refractivity (Wildman–Crippen MR) is 89.2 cm³/mol. The van der Waals surface area contributed by atoms with E-state index in [1.54, 1.807) is 0 Å². The Morgan fingerprint density at radius 3 is 2.57 bits per heavy atom. The zero-order chi connectivity index (χ0) is 14.8. The first kappa shape index (κ1) is 14.4. The highest BCUT2D eigenvalue weighted by molar-refractivity contribution is 6.30. The van der Waals surface area contributed by atoms with E-state index in [9.17, 15) is 0 Å². The molecule has 0 aliphatic rings. The van der Waals surface area contributed by atoms with Gasteiger partial charge in [0.25, 0.3) is 0 Å². The van der Waals surface area contributed by atoms with Gasteiger partial charge in [-0.05, 0) is 48.7 Å². The lowest BCUT2D eigenvalue weighted by molar-refractivity contribution is 0.688. The molecular formula is C17H16Cl2N2. The van der Waals surface area contributed by atoms with Gasteiger partial charge in [0, 0.05) is 11.6 Å². The lowest BCUT2D eigenvalue weighted by atomic mass is 10.1. The van der Waals surface area contributed by atoms with E-state index < -0.39 is 0 Å². The SMILES string of the molecule is Cc1ccc2c(c1)nc(CCl)n2CCc1ccc(Cl)cc1. The first-order valence-electron chi connectivity index (χ1n) is 6.93. The van der Waals surface area contributed by atoms with Crippen LogP contribution >= 0.6 is 23.2 Å². The largest absolute Gasteiger partial charge is 0.327 e. The number of nitrogens with zero attached hydrogens (tertiary/aromatic N) is 2. The minimum absolute atomic E-state index is 0.425. The Labute approximate surface area is 134 Å². The first-order chi connectivity index (χ1) is 10.2. The van der Waals surface area contributed by atoms with E-state index in [2.05, 4.69) is 46.8 Å². The highest BCUT2D eigenvalue weighted by Crippen LogP contribution is 2.20. The van der Waals surface area contributed by atoms with Crippen LogP contribution in [0.15, 0.2) is 42.5 Å². The molecule has 0 saturated carbocycles. The molecule has 0 spiro atoms. The van der Waals surface area contributed by atoms with E-state index in [0.717, 1.165) is 34.8 Å². The molecule has 1 aromatic heterocycles. The number of fused-ring (bicyclic) bond motifs is 1. The molecule has 0 amide bonds. The molecule has 0 bridgehead atoms. The van der Waals surface area contributed by atoms with Gasteiger partial charge >= 0.3 is 0 Å². The van der Waals surface area contributed by atoms with Crippen molar-refractivity contribution in [3.05, 3.63) is 64.4 Å². The topological polar surface area (TPSA) is 17.8 Å². The van der Waals surface area contributed by atoms with Crippen molar-refractivity contribution in [2.24, 2.45) is 0 Å². The van der Waals surface area contributed by atoms with Gasteiger partial charge in [0.1, 0.15) is 5.82 Å². The Bertz CT molecular complexity index is 760. The van der Waals surface area contributed by atoms with Crippen molar-refractivity contribution in [3.63, 3.8) is 0 Å². The molecule has 3 rings (SSSR count). The summed E-state index contributed by atoms with van der Waals surface area (Å²) in [6, 6.07) is 14.3. The lowest BCUT2D eigenvalue weighted by Crippen LogP contribution is -2.05. The molecule has 21 heavy (non-hydrogen) atoms. The number of hydrogen-bond donors (Lipinski definition) is 0. The van der Waals surface area contributed by atoms with Crippen LogP contribution in [-0.2, 0) is 18.8 Å². The molecule has 108 valence electrons. The van der Waals surface area contributed by atoms with Crippen LogP contribution in [0.2, 0.25) is 5.02 Å². The number of alkyl halides is 1.